The van der Waals surface area contributed by atoms with Gasteiger partial charge in [-0.1, -0.05) is 6.08 Å². The molecule has 1 aromatic carbocycles. The molecule has 0 radical (unpaired) electrons. The van der Waals surface area contributed by atoms with Gasteiger partial charge < -0.3 is 9.64 Å². The van der Waals surface area contributed by atoms with Gasteiger partial charge in [-0.05, 0) is 30.7 Å². The van der Waals surface area contributed by atoms with Gasteiger partial charge in [-0.25, -0.2) is 8.42 Å². The Bertz CT molecular complexity index is 628. The van der Waals surface area contributed by atoms with Crippen LogP contribution in [0.15, 0.2) is 35.7 Å². The van der Waals surface area contributed by atoms with Gasteiger partial charge in [-0.3, -0.25) is 4.79 Å². The first-order valence-corrected chi connectivity index (χ1v) is 8.56. The predicted molar refractivity (Wildman–Crippen MR) is 82.2 cm³/mol. The van der Waals surface area contributed by atoms with Crippen molar-refractivity contribution in [2.75, 3.05) is 26.8 Å². The van der Waals surface area contributed by atoms with E-state index in [1.165, 1.54) is 18.2 Å². The molecule has 0 saturated carbocycles. The minimum atomic E-state index is -3.80. The van der Waals surface area contributed by atoms with E-state index in [0.29, 0.717) is 30.8 Å². The second kappa shape index (κ2) is 7.59. The van der Waals surface area contributed by atoms with E-state index in [4.69, 9.17) is 15.4 Å². The number of benzene rings is 1. The van der Waals surface area contributed by atoms with Crippen molar-refractivity contribution in [2.24, 2.45) is 0 Å². The highest BCUT2D eigenvalue weighted by molar-refractivity contribution is 8.13. The van der Waals surface area contributed by atoms with Crippen LogP contribution in [0.4, 0.5) is 0 Å². The number of methoxy groups -OCH3 is 1. The Morgan fingerprint density at radius 2 is 2.14 bits per heavy atom. The Kier molecular flexibility index (Phi) is 6.39. The molecule has 0 aliphatic rings. The maximum absolute atomic E-state index is 12.5. The Balaban J connectivity index is 3.08. The van der Waals surface area contributed by atoms with Crippen LogP contribution < -0.4 is 0 Å². The van der Waals surface area contributed by atoms with Crippen molar-refractivity contribution < 1.29 is 17.9 Å². The quantitative estimate of drug-likeness (QED) is 0.567. The molecule has 0 spiro atoms. The van der Waals surface area contributed by atoms with Gasteiger partial charge >= 0.3 is 0 Å². The summed E-state index contributed by atoms with van der Waals surface area (Å²) < 4.78 is 27.5. The third-order valence-electron chi connectivity index (χ3n) is 2.91. The van der Waals surface area contributed by atoms with Crippen LogP contribution in [0.2, 0.25) is 0 Å². The summed E-state index contributed by atoms with van der Waals surface area (Å²) in [4.78, 5) is 14.0. The molecule has 0 aliphatic carbocycles. The highest BCUT2D eigenvalue weighted by Crippen LogP contribution is 2.20. The number of ether oxygens (including phenoxy) is 1. The number of hydrogen-bond acceptors (Lipinski definition) is 4. The summed E-state index contributed by atoms with van der Waals surface area (Å²) in [6.07, 6.45) is 1.63. The number of carbonyl (C=O) groups excluding carboxylic acids is 1. The Hall–Kier alpha value is -1.37. The first kappa shape index (κ1) is 17.7. The van der Waals surface area contributed by atoms with Crippen LogP contribution >= 0.6 is 10.7 Å². The van der Waals surface area contributed by atoms with E-state index in [1.54, 1.807) is 25.0 Å². The average molecular weight is 332 g/mol. The average Bonchev–Trinajstić information content (AvgIpc) is 2.41. The summed E-state index contributed by atoms with van der Waals surface area (Å²) in [7, 11) is 3.05. The minimum absolute atomic E-state index is 0.0228. The van der Waals surface area contributed by atoms with Gasteiger partial charge in [0.25, 0.3) is 15.0 Å². The number of carbonyl (C=O) groups is 1. The zero-order valence-corrected chi connectivity index (χ0v) is 13.6. The van der Waals surface area contributed by atoms with E-state index in [1.807, 2.05) is 0 Å². The maximum Gasteiger partial charge on any atom is 0.261 e. The van der Waals surface area contributed by atoms with Gasteiger partial charge in [-0.2, -0.15) is 0 Å². The van der Waals surface area contributed by atoms with E-state index in [2.05, 4.69) is 6.58 Å². The number of aryl methyl sites for hydroxylation is 1. The highest BCUT2D eigenvalue weighted by Gasteiger charge is 2.19. The third-order valence-corrected chi connectivity index (χ3v) is 4.26. The van der Waals surface area contributed by atoms with Crippen LogP contribution in [0, 0.1) is 6.92 Å². The normalized spacial score (nSPS) is 11.2. The predicted octanol–water partition coefficient (Wildman–Crippen LogP) is 2.20. The molecule has 1 amide bonds. The first-order valence-electron chi connectivity index (χ1n) is 6.25. The van der Waals surface area contributed by atoms with Gasteiger partial charge in [0, 0.05) is 36.4 Å². The molecule has 0 bridgehead atoms. The zero-order valence-electron chi connectivity index (χ0n) is 12.0. The molecule has 0 saturated heterocycles. The molecule has 7 heteroatoms. The van der Waals surface area contributed by atoms with Crippen molar-refractivity contribution in [1.82, 2.24) is 4.90 Å². The second-order valence-electron chi connectivity index (χ2n) is 4.45. The molecule has 0 heterocycles. The molecule has 0 aromatic heterocycles. The molecular formula is C14H18ClNO4S. The number of hydrogen-bond donors (Lipinski definition) is 0. The fourth-order valence-corrected chi connectivity index (χ4v) is 2.67. The van der Waals surface area contributed by atoms with E-state index in [-0.39, 0.29) is 10.8 Å². The summed E-state index contributed by atoms with van der Waals surface area (Å²) in [6.45, 7) is 6.51. The lowest BCUT2D eigenvalue weighted by atomic mass is 10.1. The van der Waals surface area contributed by atoms with Crippen LogP contribution in [-0.2, 0) is 13.8 Å². The molecule has 0 fully saturated rings. The van der Waals surface area contributed by atoms with Crippen LogP contribution in [0.5, 0.6) is 0 Å². The third kappa shape index (κ3) is 4.84. The molecule has 1 rings (SSSR count). The standard InChI is InChI=1S/C14H18ClNO4S/c1-4-7-16(8-9-20-3)14(17)13-6-5-12(10-11(13)2)21(15,18)19/h4-6,10H,1,7-9H2,2-3H3. The summed E-state index contributed by atoms with van der Waals surface area (Å²) in [5.74, 6) is -0.206. The summed E-state index contributed by atoms with van der Waals surface area (Å²) in [5, 5.41) is 0. The molecule has 5 nitrogen and oxygen atoms in total. The minimum Gasteiger partial charge on any atom is -0.383 e. The number of amides is 1. The Morgan fingerprint density at radius 1 is 1.48 bits per heavy atom. The highest BCUT2D eigenvalue weighted by atomic mass is 35.7. The fraction of sp³-hybridized carbons (Fsp3) is 0.357. The molecule has 0 N–H and O–H groups in total. The molecular weight excluding hydrogens is 314 g/mol. The monoisotopic (exact) mass is 331 g/mol. The van der Waals surface area contributed by atoms with E-state index >= 15 is 0 Å². The molecule has 1 aromatic rings. The van der Waals surface area contributed by atoms with Crippen molar-refractivity contribution in [1.29, 1.82) is 0 Å². The fourth-order valence-electron chi connectivity index (χ4n) is 1.83. The van der Waals surface area contributed by atoms with Gasteiger partial charge in [0.05, 0.1) is 11.5 Å². The van der Waals surface area contributed by atoms with E-state index < -0.39 is 9.05 Å². The topological polar surface area (TPSA) is 63.7 Å². The lowest BCUT2D eigenvalue weighted by Gasteiger charge is -2.21. The van der Waals surface area contributed by atoms with Gasteiger partial charge in [-0.15, -0.1) is 6.58 Å². The Labute approximate surface area is 129 Å². The molecule has 21 heavy (non-hydrogen) atoms. The number of nitrogens with zero attached hydrogens (tertiary/aromatic N) is 1. The van der Waals surface area contributed by atoms with Crippen LogP contribution in [-0.4, -0.2) is 46.0 Å². The zero-order chi connectivity index (χ0) is 16.0. The molecule has 0 unspecified atom stereocenters. The smallest absolute Gasteiger partial charge is 0.261 e. The maximum atomic E-state index is 12.5. The van der Waals surface area contributed by atoms with Crippen molar-refractivity contribution in [3.05, 3.63) is 42.0 Å². The van der Waals surface area contributed by atoms with Crippen LogP contribution in [0.1, 0.15) is 15.9 Å². The summed E-state index contributed by atoms with van der Waals surface area (Å²) in [6, 6.07) is 4.18. The first-order chi connectivity index (χ1) is 9.81. The lowest BCUT2D eigenvalue weighted by Crippen LogP contribution is -2.34. The van der Waals surface area contributed by atoms with Gasteiger partial charge in [0.2, 0.25) is 0 Å². The van der Waals surface area contributed by atoms with Crippen molar-refractivity contribution in [2.45, 2.75) is 11.8 Å². The lowest BCUT2D eigenvalue weighted by molar-refractivity contribution is 0.0717. The van der Waals surface area contributed by atoms with Crippen molar-refractivity contribution in [3.63, 3.8) is 0 Å². The van der Waals surface area contributed by atoms with Gasteiger partial charge in [0.1, 0.15) is 0 Å². The van der Waals surface area contributed by atoms with Crippen LogP contribution in [0.3, 0.4) is 0 Å². The van der Waals surface area contributed by atoms with Crippen molar-refractivity contribution in [3.8, 4) is 0 Å². The van der Waals surface area contributed by atoms with E-state index in [9.17, 15) is 13.2 Å². The van der Waals surface area contributed by atoms with Gasteiger partial charge in [0.15, 0.2) is 0 Å². The van der Waals surface area contributed by atoms with Crippen molar-refractivity contribution >= 4 is 25.6 Å². The molecule has 0 aliphatic heterocycles. The number of rotatable bonds is 7. The summed E-state index contributed by atoms with van der Waals surface area (Å²) in [5.41, 5.74) is 0.977. The molecule has 116 valence electrons. The largest absolute Gasteiger partial charge is 0.383 e. The molecule has 0 atom stereocenters. The number of halogens is 1. The van der Waals surface area contributed by atoms with Crippen LogP contribution in [0.25, 0.3) is 0 Å². The summed E-state index contributed by atoms with van der Waals surface area (Å²) >= 11 is 0. The Morgan fingerprint density at radius 3 is 2.62 bits per heavy atom. The second-order valence-corrected chi connectivity index (χ2v) is 7.01. The SMILES string of the molecule is C=CCN(CCOC)C(=O)c1ccc(S(=O)(=O)Cl)cc1C. The van der Waals surface area contributed by atoms with E-state index in [0.717, 1.165) is 0 Å².